The summed E-state index contributed by atoms with van der Waals surface area (Å²) >= 11 is 0. The normalized spacial score (nSPS) is 9.43. The molecule has 0 saturated carbocycles. The minimum Gasteiger partial charge on any atom is -0.507 e. The Labute approximate surface area is 84.1 Å². The van der Waals surface area contributed by atoms with E-state index in [0.29, 0.717) is 5.56 Å². The van der Waals surface area contributed by atoms with E-state index in [9.17, 15) is 5.11 Å². The van der Waals surface area contributed by atoms with Crippen molar-refractivity contribution in [3.8, 4) is 11.8 Å². The van der Waals surface area contributed by atoms with Crippen molar-refractivity contribution in [1.82, 2.24) is 0 Å². The van der Waals surface area contributed by atoms with E-state index in [1.807, 2.05) is 19.1 Å². The molecule has 0 bridgehead atoms. The zero-order valence-corrected chi connectivity index (χ0v) is 8.25. The highest BCUT2D eigenvalue weighted by Crippen LogP contribution is 2.18. The molecule has 0 fully saturated rings. The van der Waals surface area contributed by atoms with Gasteiger partial charge in [0.2, 0.25) is 0 Å². The van der Waals surface area contributed by atoms with Crippen molar-refractivity contribution >= 4 is 0 Å². The van der Waals surface area contributed by atoms with Crippen molar-refractivity contribution in [3.05, 3.63) is 41.5 Å². The lowest BCUT2D eigenvalue weighted by Crippen LogP contribution is -1.87. The van der Waals surface area contributed by atoms with Gasteiger partial charge in [0.15, 0.2) is 0 Å². The van der Waals surface area contributed by atoms with Crippen LogP contribution in [0.2, 0.25) is 0 Å². The first kappa shape index (κ1) is 10.3. The number of rotatable bonds is 3. The highest BCUT2D eigenvalue weighted by atomic mass is 16.3. The molecule has 0 unspecified atom stereocenters. The smallest absolute Gasteiger partial charge is 0.133 e. The zero-order chi connectivity index (χ0) is 10.6. The van der Waals surface area contributed by atoms with E-state index in [0.717, 1.165) is 24.0 Å². The Hall–Kier alpha value is -1.75. The summed E-state index contributed by atoms with van der Waals surface area (Å²) in [7, 11) is 0. The molecule has 0 heterocycles. The predicted octanol–water partition coefficient (Wildman–Crippen LogP) is 2.77. The van der Waals surface area contributed by atoms with Crippen LogP contribution in [0, 0.1) is 11.3 Å². The number of hydrogen-bond acceptors (Lipinski definition) is 2. The van der Waals surface area contributed by atoms with E-state index in [2.05, 4.69) is 6.58 Å². The molecule has 0 saturated heterocycles. The van der Waals surface area contributed by atoms with Crippen LogP contribution in [-0.2, 0) is 6.42 Å². The van der Waals surface area contributed by atoms with E-state index >= 15 is 0 Å². The number of aryl methyl sites for hydroxylation is 1. The molecule has 0 radical (unpaired) electrons. The fraction of sp³-hybridized carbons (Fsp3) is 0.250. The molecule has 1 rings (SSSR count). The van der Waals surface area contributed by atoms with Crippen LogP contribution in [0.3, 0.4) is 0 Å². The second kappa shape index (κ2) is 4.48. The van der Waals surface area contributed by atoms with Gasteiger partial charge in [-0.05, 0) is 37.5 Å². The second-order valence-electron chi connectivity index (χ2n) is 3.42. The van der Waals surface area contributed by atoms with Gasteiger partial charge in [-0.15, -0.1) is 6.58 Å². The highest BCUT2D eigenvalue weighted by Gasteiger charge is 2.01. The molecule has 0 atom stereocenters. The minimum atomic E-state index is 0.0478. The monoisotopic (exact) mass is 187 g/mol. The first-order valence-corrected chi connectivity index (χ1v) is 4.50. The number of nitrogens with zero attached hydrogens (tertiary/aromatic N) is 1. The average molecular weight is 187 g/mol. The molecule has 14 heavy (non-hydrogen) atoms. The van der Waals surface area contributed by atoms with Crippen LogP contribution in [0.1, 0.15) is 24.5 Å². The summed E-state index contributed by atoms with van der Waals surface area (Å²) in [4.78, 5) is 0. The zero-order valence-electron chi connectivity index (χ0n) is 8.25. The summed E-state index contributed by atoms with van der Waals surface area (Å²) in [6, 6.07) is 7.07. The van der Waals surface area contributed by atoms with Crippen molar-refractivity contribution in [3.63, 3.8) is 0 Å². The molecule has 1 N–H and O–H groups in total. The quantitative estimate of drug-likeness (QED) is 0.739. The Morgan fingerprint density at radius 3 is 2.86 bits per heavy atom. The molecule has 0 aliphatic heterocycles. The van der Waals surface area contributed by atoms with Crippen LogP contribution in [0.25, 0.3) is 0 Å². The van der Waals surface area contributed by atoms with Crippen LogP contribution >= 0.6 is 0 Å². The van der Waals surface area contributed by atoms with Gasteiger partial charge in [0.25, 0.3) is 0 Å². The first-order valence-electron chi connectivity index (χ1n) is 4.50. The van der Waals surface area contributed by atoms with E-state index in [1.165, 1.54) is 0 Å². The van der Waals surface area contributed by atoms with E-state index in [1.54, 1.807) is 12.1 Å². The molecular weight excluding hydrogens is 174 g/mol. The molecule has 72 valence electrons. The van der Waals surface area contributed by atoms with Crippen molar-refractivity contribution in [2.24, 2.45) is 0 Å². The van der Waals surface area contributed by atoms with Crippen LogP contribution < -0.4 is 0 Å². The Morgan fingerprint density at radius 1 is 1.57 bits per heavy atom. The number of nitriles is 1. The lowest BCUT2D eigenvalue weighted by molar-refractivity contribution is 0.473. The van der Waals surface area contributed by atoms with Crippen molar-refractivity contribution < 1.29 is 5.11 Å². The number of hydrogen-bond donors (Lipinski definition) is 1. The summed E-state index contributed by atoms with van der Waals surface area (Å²) in [5.74, 6) is 0.0478. The maximum atomic E-state index is 9.27. The fourth-order valence-electron chi connectivity index (χ4n) is 1.19. The van der Waals surface area contributed by atoms with Gasteiger partial charge < -0.3 is 5.11 Å². The highest BCUT2D eigenvalue weighted by molar-refractivity contribution is 5.44. The Bertz CT molecular complexity index is 388. The summed E-state index contributed by atoms with van der Waals surface area (Å²) in [6.07, 6.45) is 1.78. The second-order valence-corrected chi connectivity index (χ2v) is 3.42. The molecule has 0 aliphatic carbocycles. The third kappa shape index (κ3) is 2.63. The lowest BCUT2D eigenvalue weighted by Gasteiger charge is -2.02. The van der Waals surface area contributed by atoms with Gasteiger partial charge in [-0.25, -0.2) is 0 Å². The van der Waals surface area contributed by atoms with Crippen LogP contribution in [-0.4, -0.2) is 5.11 Å². The summed E-state index contributed by atoms with van der Waals surface area (Å²) in [5, 5.41) is 18.0. The van der Waals surface area contributed by atoms with E-state index < -0.39 is 0 Å². The first-order chi connectivity index (χ1) is 6.63. The maximum absolute atomic E-state index is 9.27. The molecule has 2 nitrogen and oxygen atoms in total. The number of benzene rings is 1. The standard InChI is InChI=1S/C12H13NO/c1-9(2)3-4-10-5-6-12(14)11(7-10)8-13/h5-7,14H,1,3-4H2,2H3. The topological polar surface area (TPSA) is 44.0 Å². The number of phenolic OH excluding ortho intramolecular Hbond substituents is 1. The number of allylic oxidation sites excluding steroid dienone is 1. The van der Waals surface area contributed by atoms with Gasteiger partial charge >= 0.3 is 0 Å². The minimum absolute atomic E-state index is 0.0478. The molecule has 0 aliphatic rings. The Morgan fingerprint density at radius 2 is 2.29 bits per heavy atom. The van der Waals surface area contributed by atoms with Crippen LogP contribution in [0.15, 0.2) is 30.4 Å². The molecular formula is C12H13NO. The van der Waals surface area contributed by atoms with Gasteiger partial charge in [0.1, 0.15) is 11.8 Å². The van der Waals surface area contributed by atoms with E-state index in [4.69, 9.17) is 5.26 Å². The van der Waals surface area contributed by atoms with Gasteiger partial charge in [-0.2, -0.15) is 5.26 Å². The third-order valence-corrected chi connectivity index (χ3v) is 2.02. The van der Waals surface area contributed by atoms with Crippen LogP contribution in [0.4, 0.5) is 0 Å². The number of aromatic hydroxyl groups is 1. The van der Waals surface area contributed by atoms with Crippen LogP contribution in [0.5, 0.6) is 5.75 Å². The predicted molar refractivity (Wildman–Crippen MR) is 56.0 cm³/mol. The Balaban J connectivity index is 2.80. The maximum Gasteiger partial charge on any atom is 0.133 e. The molecule has 2 heteroatoms. The lowest BCUT2D eigenvalue weighted by atomic mass is 10.0. The fourth-order valence-corrected chi connectivity index (χ4v) is 1.19. The molecule has 0 spiro atoms. The SMILES string of the molecule is C=C(C)CCc1ccc(O)c(C#N)c1. The van der Waals surface area contributed by atoms with Crippen molar-refractivity contribution in [2.45, 2.75) is 19.8 Å². The third-order valence-electron chi connectivity index (χ3n) is 2.02. The van der Waals surface area contributed by atoms with Gasteiger partial charge in [0.05, 0.1) is 5.56 Å². The molecule has 1 aromatic carbocycles. The molecule has 0 amide bonds. The molecule has 0 aromatic heterocycles. The largest absolute Gasteiger partial charge is 0.507 e. The molecule has 1 aromatic rings. The summed E-state index contributed by atoms with van der Waals surface area (Å²) in [6.45, 7) is 5.79. The van der Waals surface area contributed by atoms with Crippen molar-refractivity contribution in [1.29, 1.82) is 5.26 Å². The van der Waals surface area contributed by atoms with E-state index in [-0.39, 0.29) is 5.75 Å². The van der Waals surface area contributed by atoms with Gasteiger partial charge in [0, 0.05) is 0 Å². The summed E-state index contributed by atoms with van der Waals surface area (Å²) in [5.41, 5.74) is 2.52. The van der Waals surface area contributed by atoms with Gasteiger partial charge in [-0.1, -0.05) is 11.6 Å². The van der Waals surface area contributed by atoms with Crippen molar-refractivity contribution in [2.75, 3.05) is 0 Å². The van der Waals surface area contributed by atoms with Gasteiger partial charge in [-0.3, -0.25) is 0 Å². The Kier molecular flexibility index (Phi) is 3.30. The average Bonchev–Trinajstić information content (AvgIpc) is 2.16. The number of phenols is 1. The summed E-state index contributed by atoms with van der Waals surface area (Å²) < 4.78 is 0.